The average Bonchev–Trinajstić information content (AvgIpc) is 2.68. The van der Waals surface area contributed by atoms with Crippen LogP contribution in [0.5, 0.6) is 5.75 Å². The van der Waals surface area contributed by atoms with Gasteiger partial charge in [-0.05, 0) is 37.2 Å². The molecule has 2 aromatic rings. The van der Waals surface area contributed by atoms with Crippen molar-refractivity contribution in [2.24, 2.45) is 0 Å². The van der Waals surface area contributed by atoms with Gasteiger partial charge in [0.25, 0.3) is 0 Å². The number of nitrogens with zero attached hydrogens (tertiary/aromatic N) is 1. The van der Waals surface area contributed by atoms with Crippen LogP contribution in [0.1, 0.15) is 32.7 Å². The van der Waals surface area contributed by atoms with Gasteiger partial charge in [-0.2, -0.15) is 0 Å². The topological polar surface area (TPSA) is 29.9 Å². The van der Waals surface area contributed by atoms with Crippen LogP contribution >= 0.6 is 12.2 Å². The summed E-state index contributed by atoms with van der Waals surface area (Å²) in [5.41, 5.74) is 2.12. The Hall–Kier alpha value is -1.29. The van der Waals surface area contributed by atoms with Gasteiger partial charge in [0.1, 0.15) is 11.3 Å². The van der Waals surface area contributed by atoms with Crippen LogP contribution in [0, 0.1) is 4.77 Å². The first kappa shape index (κ1) is 12.2. The molecule has 3 nitrogen and oxygen atoms in total. The number of benzene rings is 1. The van der Waals surface area contributed by atoms with Gasteiger partial charge in [0.05, 0.1) is 12.6 Å². The Bertz CT molecular complexity index is 566. The molecule has 0 saturated heterocycles. The largest absolute Gasteiger partial charge is 0.494 e. The molecule has 0 amide bonds. The van der Waals surface area contributed by atoms with Crippen LogP contribution in [-0.2, 0) is 0 Å². The quantitative estimate of drug-likeness (QED) is 0.829. The standard InChI is InChI=1S/C13H18N2OS/c1-4-9(5-2)15-10-7-6-8-11(16-3)12(10)14-13(15)17/h6-9H,4-5H2,1-3H3,(H,14,17). The lowest BCUT2D eigenvalue weighted by atomic mass is 10.1. The summed E-state index contributed by atoms with van der Waals surface area (Å²) in [6.07, 6.45) is 2.16. The SMILES string of the molecule is CCC(CC)n1c(=S)[nH]c2c(OC)cccc21. The van der Waals surface area contributed by atoms with E-state index in [1.165, 1.54) is 0 Å². The number of H-pyrrole nitrogens is 1. The van der Waals surface area contributed by atoms with Crippen molar-refractivity contribution in [2.45, 2.75) is 32.7 Å². The lowest BCUT2D eigenvalue weighted by Crippen LogP contribution is -2.06. The summed E-state index contributed by atoms with van der Waals surface area (Å²) < 4.78 is 8.33. The number of aromatic amines is 1. The highest BCUT2D eigenvalue weighted by atomic mass is 32.1. The summed E-state index contributed by atoms with van der Waals surface area (Å²) in [4.78, 5) is 3.25. The molecule has 1 aromatic carbocycles. The molecule has 0 aliphatic carbocycles. The predicted octanol–water partition coefficient (Wildman–Crippen LogP) is 4.07. The highest BCUT2D eigenvalue weighted by Gasteiger charge is 2.14. The number of nitrogens with one attached hydrogen (secondary N) is 1. The fraction of sp³-hybridized carbons (Fsp3) is 0.462. The van der Waals surface area contributed by atoms with E-state index in [0.717, 1.165) is 34.4 Å². The summed E-state index contributed by atoms with van der Waals surface area (Å²) in [7, 11) is 1.68. The summed E-state index contributed by atoms with van der Waals surface area (Å²) in [5.74, 6) is 0.846. The Labute approximate surface area is 106 Å². The first-order valence-electron chi connectivity index (χ1n) is 6.00. The minimum Gasteiger partial charge on any atom is -0.494 e. The fourth-order valence-corrected chi connectivity index (χ4v) is 2.66. The maximum absolute atomic E-state index is 5.42. The zero-order valence-corrected chi connectivity index (χ0v) is 11.3. The molecule has 0 atom stereocenters. The Morgan fingerprint density at radius 3 is 2.65 bits per heavy atom. The molecule has 0 spiro atoms. The highest BCUT2D eigenvalue weighted by Crippen LogP contribution is 2.28. The van der Waals surface area contributed by atoms with Crippen molar-refractivity contribution in [1.82, 2.24) is 9.55 Å². The molecule has 0 aliphatic rings. The first-order valence-corrected chi connectivity index (χ1v) is 6.40. The van der Waals surface area contributed by atoms with Crippen molar-refractivity contribution in [3.05, 3.63) is 23.0 Å². The lowest BCUT2D eigenvalue weighted by Gasteiger charge is -2.15. The van der Waals surface area contributed by atoms with Gasteiger partial charge >= 0.3 is 0 Å². The summed E-state index contributed by atoms with van der Waals surface area (Å²) in [5, 5.41) is 0. The third-order valence-corrected chi connectivity index (χ3v) is 3.54. The second-order valence-corrected chi connectivity index (χ2v) is 4.51. The molecule has 0 bridgehead atoms. The fourth-order valence-electron chi connectivity index (χ4n) is 2.31. The van der Waals surface area contributed by atoms with Gasteiger partial charge in [-0.3, -0.25) is 0 Å². The van der Waals surface area contributed by atoms with Gasteiger partial charge in [0.15, 0.2) is 4.77 Å². The number of methoxy groups -OCH3 is 1. The average molecular weight is 250 g/mol. The number of hydrogen-bond acceptors (Lipinski definition) is 2. The third-order valence-electron chi connectivity index (χ3n) is 3.24. The monoisotopic (exact) mass is 250 g/mol. The number of rotatable bonds is 4. The summed E-state index contributed by atoms with van der Waals surface area (Å²) in [6.45, 7) is 4.38. The van der Waals surface area contributed by atoms with Crippen LogP contribution in [0.3, 0.4) is 0 Å². The van der Waals surface area contributed by atoms with E-state index < -0.39 is 0 Å². The number of fused-ring (bicyclic) bond motifs is 1. The second-order valence-electron chi connectivity index (χ2n) is 4.12. The molecule has 0 fully saturated rings. The molecule has 1 aromatic heterocycles. The first-order chi connectivity index (χ1) is 8.22. The molecule has 1 N–H and O–H groups in total. The Kier molecular flexibility index (Phi) is 3.52. The molecular formula is C13H18N2OS. The minimum absolute atomic E-state index is 0.448. The van der Waals surface area contributed by atoms with Crippen LogP contribution < -0.4 is 4.74 Å². The van der Waals surface area contributed by atoms with E-state index in [1.807, 2.05) is 12.1 Å². The molecule has 2 rings (SSSR count). The molecular weight excluding hydrogens is 232 g/mol. The Morgan fingerprint density at radius 1 is 1.35 bits per heavy atom. The lowest BCUT2D eigenvalue weighted by molar-refractivity contribution is 0.419. The van der Waals surface area contributed by atoms with Crippen molar-refractivity contribution in [2.75, 3.05) is 7.11 Å². The molecule has 0 radical (unpaired) electrons. The maximum atomic E-state index is 5.42. The zero-order chi connectivity index (χ0) is 12.4. The van der Waals surface area contributed by atoms with E-state index in [-0.39, 0.29) is 0 Å². The summed E-state index contributed by atoms with van der Waals surface area (Å²) >= 11 is 5.42. The highest BCUT2D eigenvalue weighted by molar-refractivity contribution is 7.71. The zero-order valence-electron chi connectivity index (χ0n) is 10.5. The second kappa shape index (κ2) is 4.92. The Morgan fingerprint density at radius 2 is 2.06 bits per heavy atom. The van der Waals surface area contributed by atoms with Crippen molar-refractivity contribution in [3.63, 3.8) is 0 Å². The molecule has 92 valence electrons. The van der Waals surface area contributed by atoms with E-state index >= 15 is 0 Å². The van der Waals surface area contributed by atoms with Crippen LogP contribution in [0.2, 0.25) is 0 Å². The normalized spacial score (nSPS) is 11.3. The third kappa shape index (κ3) is 1.97. The number of ether oxygens (including phenoxy) is 1. The Balaban J connectivity index is 2.72. The number of imidazole rings is 1. The molecule has 0 aliphatic heterocycles. The summed E-state index contributed by atoms with van der Waals surface area (Å²) in [6, 6.07) is 6.49. The van der Waals surface area contributed by atoms with Crippen LogP contribution in [0.4, 0.5) is 0 Å². The van der Waals surface area contributed by atoms with E-state index in [1.54, 1.807) is 7.11 Å². The predicted molar refractivity (Wildman–Crippen MR) is 73.3 cm³/mol. The van der Waals surface area contributed by atoms with Gasteiger partial charge in [0.2, 0.25) is 0 Å². The molecule has 1 heterocycles. The van der Waals surface area contributed by atoms with Gasteiger partial charge in [0, 0.05) is 6.04 Å². The van der Waals surface area contributed by atoms with E-state index in [2.05, 4.69) is 29.5 Å². The smallest absolute Gasteiger partial charge is 0.178 e. The van der Waals surface area contributed by atoms with E-state index in [9.17, 15) is 0 Å². The molecule has 0 unspecified atom stereocenters. The maximum Gasteiger partial charge on any atom is 0.178 e. The number of para-hydroxylation sites is 1. The molecule has 0 saturated carbocycles. The van der Waals surface area contributed by atoms with Crippen molar-refractivity contribution < 1.29 is 4.74 Å². The van der Waals surface area contributed by atoms with Crippen molar-refractivity contribution in [3.8, 4) is 5.75 Å². The van der Waals surface area contributed by atoms with Crippen LogP contribution in [0.25, 0.3) is 11.0 Å². The van der Waals surface area contributed by atoms with Gasteiger partial charge in [-0.1, -0.05) is 19.9 Å². The van der Waals surface area contributed by atoms with E-state index in [4.69, 9.17) is 17.0 Å². The molecule has 17 heavy (non-hydrogen) atoms. The number of hydrogen-bond donors (Lipinski definition) is 1. The molecule has 4 heteroatoms. The van der Waals surface area contributed by atoms with Crippen LogP contribution in [-0.4, -0.2) is 16.7 Å². The number of aromatic nitrogens is 2. The van der Waals surface area contributed by atoms with E-state index in [0.29, 0.717) is 6.04 Å². The van der Waals surface area contributed by atoms with Gasteiger partial charge < -0.3 is 14.3 Å². The minimum atomic E-state index is 0.448. The van der Waals surface area contributed by atoms with Gasteiger partial charge in [-0.15, -0.1) is 0 Å². The van der Waals surface area contributed by atoms with Crippen molar-refractivity contribution in [1.29, 1.82) is 0 Å². The van der Waals surface area contributed by atoms with Gasteiger partial charge in [-0.25, -0.2) is 0 Å². The van der Waals surface area contributed by atoms with Crippen LogP contribution in [0.15, 0.2) is 18.2 Å². The van der Waals surface area contributed by atoms with Crippen molar-refractivity contribution >= 4 is 23.3 Å².